The Morgan fingerprint density at radius 3 is 2.62 bits per heavy atom. The number of amides is 1. The second-order valence-electron chi connectivity index (χ2n) is 7.03. The van der Waals surface area contributed by atoms with E-state index in [1.807, 2.05) is 31.2 Å². The molecule has 6 nitrogen and oxygen atoms in total. The largest absolute Gasteiger partial charge is 0.354 e. The molecule has 6 heteroatoms. The first kappa shape index (κ1) is 20.2. The zero-order valence-corrected chi connectivity index (χ0v) is 16.5. The van der Waals surface area contributed by atoms with Gasteiger partial charge in [-0.25, -0.2) is 0 Å². The van der Waals surface area contributed by atoms with E-state index in [9.17, 15) is 4.79 Å². The summed E-state index contributed by atoms with van der Waals surface area (Å²) in [6, 6.07) is 8.77. The van der Waals surface area contributed by atoms with Gasteiger partial charge in [-0.3, -0.25) is 9.79 Å². The van der Waals surface area contributed by atoms with Crippen molar-refractivity contribution in [2.45, 2.75) is 52.2 Å². The highest BCUT2D eigenvalue weighted by atomic mass is 16.1. The van der Waals surface area contributed by atoms with Crippen molar-refractivity contribution in [3.63, 3.8) is 0 Å². The Labute approximate surface area is 157 Å². The number of carbonyl (C=O) groups is 1. The average molecular weight is 360 g/mol. The molecule has 1 amide bonds. The summed E-state index contributed by atoms with van der Waals surface area (Å²) in [7, 11) is 1.80. The number of aliphatic imine (C=N–C) groups is 1. The van der Waals surface area contributed by atoms with Crippen molar-refractivity contribution in [1.82, 2.24) is 20.9 Å². The van der Waals surface area contributed by atoms with Gasteiger partial charge in [0.2, 0.25) is 0 Å². The van der Waals surface area contributed by atoms with Gasteiger partial charge in [-0.1, -0.05) is 12.1 Å². The van der Waals surface area contributed by atoms with Crippen molar-refractivity contribution >= 4 is 11.9 Å². The maximum Gasteiger partial charge on any atom is 0.251 e. The van der Waals surface area contributed by atoms with Crippen LogP contribution in [0.4, 0.5) is 0 Å². The van der Waals surface area contributed by atoms with Gasteiger partial charge in [0.05, 0.1) is 0 Å². The molecule has 0 radical (unpaired) electrons. The molecule has 0 spiro atoms. The molecule has 1 saturated heterocycles. The Kier molecular flexibility index (Phi) is 7.91. The highest BCUT2D eigenvalue weighted by Crippen LogP contribution is 2.13. The van der Waals surface area contributed by atoms with Gasteiger partial charge in [-0.15, -0.1) is 0 Å². The molecule has 2 rings (SSSR count). The summed E-state index contributed by atoms with van der Waals surface area (Å²) in [5.41, 5.74) is 1.75. The summed E-state index contributed by atoms with van der Waals surface area (Å²) in [6.07, 6.45) is 2.26. The van der Waals surface area contributed by atoms with Crippen LogP contribution in [0.15, 0.2) is 29.3 Å². The Morgan fingerprint density at radius 1 is 1.27 bits per heavy atom. The number of likely N-dealkylation sites (tertiary alicyclic amines) is 1. The molecule has 0 aromatic heterocycles. The fraction of sp³-hybridized carbons (Fsp3) is 0.600. The summed E-state index contributed by atoms with van der Waals surface area (Å²) in [4.78, 5) is 18.8. The molecule has 0 aliphatic carbocycles. The molecule has 1 aliphatic heterocycles. The number of nitrogens with zero attached hydrogens (tertiary/aromatic N) is 2. The van der Waals surface area contributed by atoms with Crippen LogP contribution in [-0.2, 0) is 6.54 Å². The van der Waals surface area contributed by atoms with Crippen LogP contribution in [0.3, 0.4) is 0 Å². The van der Waals surface area contributed by atoms with Crippen LogP contribution in [0, 0.1) is 0 Å². The monoisotopic (exact) mass is 359 g/mol. The van der Waals surface area contributed by atoms with E-state index in [0.717, 1.165) is 37.5 Å². The van der Waals surface area contributed by atoms with Gasteiger partial charge in [0.15, 0.2) is 5.96 Å². The molecule has 1 aromatic carbocycles. The topological polar surface area (TPSA) is 68.8 Å². The summed E-state index contributed by atoms with van der Waals surface area (Å²) >= 11 is 0. The van der Waals surface area contributed by atoms with Gasteiger partial charge in [0, 0.05) is 50.9 Å². The first-order valence-electron chi connectivity index (χ1n) is 9.61. The standard InChI is InChI=1S/C20H33N5O/c1-5-22-19(26)17-8-6-7-16(13-17)14-23-20(21-4)24-18-9-11-25(12-10-18)15(2)3/h6-8,13,15,18H,5,9-12,14H2,1-4H3,(H,22,26)(H2,21,23,24). The molecule has 1 aromatic rings. The van der Waals surface area contributed by atoms with E-state index in [1.165, 1.54) is 0 Å². The predicted molar refractivity (Wildman–Crippen MR) is 108 cm³/mol. The molecule has 0 bridgehead atoms. The zero-order valence-electron chi connectivity index (χ0n) is 16.5. The second-order valence-corrected chi connectivity index (χ2v) is 7.03. The Morgan fingerprint density at radius 2 is 2.00 bits per heavy atom. The van der Waals surface area contributed by atoms with Gasteiger partial charge in [-0.2, -0.15) is 0 Å². The normalized spacial score (nSPS) is 16.6. The molecule has 0 unspecified atom stereocenters. The summed E-state index contributed by atoms with van der Waals surface area (Å²) < 4.78 is 0. The van der Waals surface area contributed by atoms with Crippen molar-refractivity contribution < 1.29 is 4.79 Å². The van der Waals surface area contributed by atoms with E-state index in [0.29, 0.717) is 30.7 Å². The minimum absolute atomic E-state index is 0.0335. The fourth-order valence-corrected chi connectivity index (χ4v) is 3.22. The van der Waals surface area contributed by atoms with Crippen molar-refractivity contribution in [2.75, 3.05) is 26.7 Å². The summed E-state index contributed by atoms with van der Waals surface area (Å²) in [6.45, 7) is 9.95. The average Bonchev–Trinajstić information content (AvgIpc) is 2.66. The van der Waals surface area contributed by atoms with Gasteiger partial charge < -0.3 is 20.9 Å². The fourth-order valence-electron chi connectivity index (χ4n) is 3.22. The molecule has 1 fully saturated rings. The maximum atomic E-state index is 12.0. The zero-order chi connectivity index (χ0) is 18.9. The van der Waals surface area contributed by atoms with Crippen LogP contribution in [0.5, 0.6) is 0 Å². The summed E-state index contributed by atoms with van der Waals surface area (Å²) in [5.74, 6) is 0.783. The first-order valence-corrected chi connectivity index (χ1v) is 9.61. The lowest BCUT2D eigenvalue weighted by atomic mass is 10.0. The van der Waals surface area contributed by atoms with Crippen molar-refractivity contribution in [3.8, 4) is 0 Å². The lowest BCUT2D eigenvalue weighted by Gasteiger charge is -2.35. The smallest absolute Gasteiger partial charge is 0.251 e. The number of benzene rings is 1. The molecule has 3 N–H and O–H groups in total. The quantitative estimate of drug-likeness (QED) is 0.537. The van der Waals surface area contributed by atoms with Gasteiger partial charge in [0.25, 0.3) is 5.91 Å². The van der Waals surface area contributed by atoms with Crippen LogP contribution < -0.4 is 16.0 Å². The van der Waals surface area contributed by atoms with Crippen LogP contribution in [0.2, 0.25) is 0 Å². The molecule has 1 heterocycles. The molecule has 144 valence electrons. The van der Waals surface area contributed by atoms with Gasteiger partial charge >= 0.3 is 0 Å². The van der Waals surface area contributed by atoms with E-state index < -0.39 is 0 Å². The Hall–Kier alpha value is -2.08. The van der Waals surface area contributed by atoms with Gasteiger partial charge in [0.1, 0.15) is 0 Å². The third-order valence-corrected chi connectivity index (χ3v) is 4.81. The number of hydrogen-bond donors (Lipinski definition) is 3. The maximum absolute atomic E-state index is 12.0. The van der Waals surface area contributed by atoms with Crippen LogP contribution in [0.1, 0.15) is 49.5 Å². The molecule has 26 heavy (non-hydrogen) atoms. The number of guanidine groups is 1. The minimum atomic E-state index is -0.0335. The van der Waals surface area contributed by atoms with Crippen molar-refractivity contribution in [1.29, 1.82) is 0 Å². The molecule has 0 atom stereocenters. The minimum Gasteiger partial charge on any atom is -0.354 e. The van der Waals surface area contributed by atoms with E-state index >= 15 is 0 Å². The number of rotatable bonds is 6. The van der Waals surface area contributed by atoms with E-state index in [4.69, 9.17) is 0 Å². The van der Waals surface area contributed by atoms with Crippen LogP contribution in [-0.4, -0.2) is 55.5 Å². The molecular weight excluding hydrogens is 326 g/mol. The second kappa shape index (κ2) is 10.2. The van der Waals surface area contributed by atoms with Crippen molar-refractivity contribution in [3.05, 3.63) is 35.4 Å². The van der Waals surface area contributed by atoms with Crippen LogP contribution >= 0.6 is 0 Å². The Bertz CT molecular complexity index is 606. The number of hydrogen-bond acceptors (Lipinski definition) is 3. The number of piperidine rings is 1. The number of nitrogens with one attached hydrogen (secondary N) is 3. The van der Waals surface area contributed by atoms with Crippen LogP contribution in [0.25, 0.3) is 0 Å². The molecular formula is C20H33N5O. The van der Waals surface area contributed by atoms with E-state index in [2.05, 4.69) is 39.7 Å². The van der Waals surface area contributed by atoms with E-state index in [1.54, 1.807) is 7.05 Å². The lowest BCUT2D eigenvalue weighted by Crippen LogP contribution is -2.49. The highest BCUT2D eigenvalue weighted by molar-refractivity contribution is 5.94. The molecule has 1 aliphatic rings. The van der Waals surface area contributed by atoms with E-state index in [-0.39, 0.29) is 5.91 Å². The number of carbonyl (C=O) groups excluding carboxylic acids is 1. The Balaban J connectivity index is 1.84. The third-order valence-electron chi connectivity index (χ3n) is 4.81. The lowest BCUT2D eigenvalue weighted by molar-refractivity contribution is 0.0955. The first-order chi connectivity index (χ1) is 12.5. The molecule has 0 saturated carbocycles. The SMILES string of the molecule is CCNC(=O)c1cccc(CNC(=NC)NC2CCN(C(C)C)CC2)c1. The highest BCUT2D eigenvalue weighted by Gasteiger charge is 2.21. The van der Waals surface area contributed by atoms with Gasteiger partial charge in [-0.05, 0) is 51.3 Å². The van der Waals surface area contributed by atoms with Crippen molar-refractivity contribution in [2.24, 2.45) is 4.99 Å². The summed E-state index contributed by atoms with van der Waals surface area (Å²) in [5, 5.41) is 9.72. The third kappa shape index (κ3) is 6.02. The predicted octanol–water partition coefficient (Wildman–Crippen LogP) is 1.97.